The minimum atomic E-state index is -3.68. The number of carbonyl (C=O) groups excluding carboxylic acids is 2. The number of anilines is 1. The van der Waals surface area contributed by atoms with Crippen LogP contribution in [0.25, 0.3) is 0 Å². The summed E-state index contributed by atoms with van der Waals surface area (Å²) in [4.78, 5) is 35.6. The number of carbonyl (C=O) groups is 2. The van der Waals surface area contributed by atoms with Crippen LogP contribution in [0.4, 0.5) is 11.4 Å². The van der Waals surface area contributed by atoms with Crippen molar-refractivity contribution in [2.75, 3.05) is 18.4 Å². The van der Waals surface area contributed by atoms with Crippen LogP contribution in [-0.2, 0) is 24.3 Å². The van der Waals surface area contributed by atoms with E-state index >= 15 is 0 Å². The highest BCUT2D eigenvalue weighted by Crippen LogP contribution is 2.28. The molecule has 0 aliphatic carbocycles. The molecule has 1 aliphatic heterocycles. The molecule has 1 fully saturated rings. The molecule has 0 radical (unpaired) electrons. The lowest BCUT2D eigenvalue weighted by atomic mass is 9.98. The predicted molar refractivity (Wildman–Crippen MR) is 134 cm³/mol. The average Bonchev–Trinajstić information content (AvgIpc) is 2.85. The molecule has 1 atom stereocenters. The minimum absolute atomic E-state index is 0.0266. The quantitative estimate of drug-likeness (QED) is 0.300. The molecule has 0 aromatic heterocycles. The van der Waals surface area contributed by atoms with Gasteiger partial charge in [-0.25, -0.2) is 8.42 Å². The van der Waals surface area contributed by atoms with E-state index in [1.807, 2.05) is 13.8 Å². The Morgan fingerprint density at radius 1 is 1.11 bits per heavy atom. The Kier molecular flexibility index (Phi) is 8.70. The molecule has 0 spiro atoms. The molecular formula is C24H28ClN3O7S. The van der Waals surface area contributed by atoms with Crippen LogP contribution in [0, 0.1) is 16.0 Å². The lowest BCUT2D eigenvalue weighted by Crippen LogP contribution is -2.41. The fourth-order valence-corrected chi connectivity index (χ4v) is 5.42. The number of sulfonamides is 1. The minimum Gasteiger partial charge on any atom is -0.452 e. The summed E-state index contributed by atoms with van der Waals surface area (Å²) in [5.74, 6) is -1.58. The van der Waals surface area contributed by atoms with Crippen molar-refractivity contribution in [2.24, 2.45) is 5.92 Å². The van der Waals surface area contributed by atoms with E-state index in [4.69, 9.17) is 16.3 Å². The van der Waals surface area contributed by atoms with E-state index in [0.717, 1.165) is 11.6 Å². The van der Waals surface area contributed by atoms with Gasteiger partial charge in [0.2, 0.25) is 10.0 Å². The summed E-state index contributed by atoms with van der Waals surface area (Å²) >= 11 is 5.99. The van der Waals surface area contributed by atoms with Crippen LogP contribution in [0.5, 0.6) is 0 Å². The Hall–Kier alpha value is -3.02. The number of piperidine rings is 1. The third-order valence-electron chi connectivity index (χ3n) is 6.05. The van der Waals surface area contributed by atoms with Crippen LogP contribution >= 0.6 is 11.6 Å². The zero-order valence-corrected chi connectivity index (χ0v) is 21.7. The first-order valence-electron chi connectivity index (χ1n) is 11.5. The first kappa shape index (κ1) is 27.6. The first-order chi connectivity index (χ1) is 16.9. The zero-order valence-electron chi connectivity index (χ0n) is 20.1. The number of nitrogens with one attached hydrogen (secondary N) is 1. The fraction of sp³-hybridized carbons (Fsp3) is 0.417. The Balaban J connectivity index is 1.55. The van der Waals surface area contributed by atoms with Gasteiger partial charge < -0.3 is 10.1 Å². The molecule has 1 amide bonds. The maximum Gasteiger partial charge on any atom is 0.309 e. The Morgan fingerprint density at radius 2 is 1.72 bits per heavy atom. The smallest absolute Gasteiger partial charge is 0.309 e. The molecule has 0 unspecified atom stereocenters. The van der Waals surface area contributed by atoms with Crippen molar-refractivity contribution < 1.29 is 27.7 Å². The summed E-state index contributed by atoms with van der Waals surface area (Å²) in [6.45, 7) is 5.73. The lowest BCUT2D eigenvalue weighted by Gasteiger charge is -2.30. The standard InChI is InChI=1S/C24H28ClN3O7S/c1-15(2)17-4-7-20(8-5-17)36(33,34)27-12-10-18(11-13-27)24(30)35-16(3)23(29)26-22-14-19(28(31)32)6-9-21(22)25/h4-9,14-16,18H,10-13H2,1-3H3,(H,26,29)/t16-/m1/s1. The summed E-state index contributed by atoms with van der Waals surface area (Å²) < 4.78 is 32.6. The Labute approximate surface area is 214 Å². The van der Waals surface area contributed by atoms with E-state index in [9.17, 15) is 28.1 Å². The van der Waals surface area contributed by atoms with Crippen LogP contribution in [0.2, 0.25) is 5.02 Å². The van der Waals surface area contributed by atoms with E-state index in [2.05, 4.69) is 5.32 Å². The molecule has 2 aromatic carbocycles. The van der Waals surface area contributed by atoms with Gasteiger partial charge in [-0.1, -0.05) is 37.6 Å². The van der Waals surface area contributed by atoms with Crippen LogP contribution in [0.1, 0.15) is 45.1 Å². The lowest BCUT2D eigenvalue weighted by molar-refractivity contribution is -0.384. The van der Waals surface area contributed by atoms with Crippen molar-refractivity contribution in [3.8, 4) is 0 Å². The number of hydrogen-bond acceptors (Lipinski definition) is 7. The first-order valence-corrected chi connectivity index (χ1v) is 13.3. The summed E-state index contributed by atoms with van der Waals surface area (Å²) in [6.07, 6.45) is -0.672. The molecular weight excluding hydrogens is 510 g/mol. The third kappa shape index (κ3) is 6.40. The van der Waals surface area contributed by atoms with E-state index in [-0.39, 0.29) is 53.1 Å². The summed E-state index contributed by atoms with van der Waals surface area (Å²) in [5.41, 5.74) is 0.817. The second-order valence-electron chi connectivity index (χ2n) is 8.89. The van der Waals surface area contributed by atoms with E-state index in [0.29, 0.717) is 0 Å². The van der Waals surface area contributed by atoms with Gasteiger partial charge in [0, 0.05) is 25.2 Å². The van der Waals surface area contributed by atoms with Crippen molar-refractivity contribution in [1.29, 1.82) is 0 Å². The molecule has 1 aliphatic rings. The average molecular weight is 538 g/mol. The number of amides is 1. The number of rotatable bonds is 8. The topological polar surface area (TPSA) is 136 Å². The summed E-state index contributed by atoms with van der Waals surface area (Å²) in [7, 11) is -3.68. The van der Waals surface area contributed by atoms with Gasteiger partial charge in [0.05, 0.1) is 26.4 Å². The molecule has 36 heavy (non-hydrogen) atoms. The van der Waals surface area contributed by atoms with Crippen molar-refractivity contribution in [1.82, 2.24) is 4.31 Å². The maximum absolute atomic E-state index is 13.0. The van der Waals surface area contributed by atoms with E-state index in [1.54, 1.807) is 24.3 Å². The van der Waals surface area contributed by atoms with Gasteiger partial charge in [-0.2, -0.15) is 4.31 Å². The van der Waals surface area contributed by atoms with Gasteiger partial charge in [-0.3, -0.25) is 19.7 Å². The second kappa shape index (κ2) is 11.4. The van der Waals surface area contributed by atoms with Crippen LogP contribution < -0.4 is 5.32 Å². The molecule has 194 valence electrons. The van der Waals surface area contributed by atoms with Gasteiger partial charge in [-0.15, -0.1) is 0 Å². The number of nitrogens with zero attached hydrogens (tertiary/aromatic N) is 2. The van der Waals surface area contributed by atoms with Gasteiger partial charge in [0.15, 0.2) is 6.10 Å². The van der Waals surface area contributed by atoms with Crippen molar-refractivity contribution in [2.45, 2.75) is 50.5 Å². The molecule has 1 heterocycles. The molecule has 0 bridgehead atoms. The van der Waals surface area contributed by atoms with Crippen molar-refractivity contribution in [3.05, 3.63) is 63.2 Å². The molecule has 3 rings (SSSR count). The predicted octanol–water partition coefficient (Wildman–Crippen LogP) is 4.34. The highest BCUT2D eigenvalue weighted by molar-refractivity contribution is 7.89. The van der Waals surface area contributed by atoms with E-state index < -0.39 is 38.8 Å². The third-order valence-corrected chi connectivity index (χ3v) is 8.30. The Bertz CT molecular complexity index is 1240. The summed E-state index contributed by atoms with van der Waals surface area (Å²) in [5, 5.41) is 13.5. The van der Waals surface area contributed by atoms with Gasteiger partial charge >= 0.3 is 5.97 Å². The van der Waals surface area contributed by atoms with Crippen molar-refractivity contribution >= 4 is 44.9 Å². The molecule has 1 N–H and O–H groups in total. The normalized spacial score (nSPS) is 15.9. The molecule has 10 nitrogen and oxygen atoms in total. The number of nitro benzene ring substituents is 1. The largest absolute Gasteiger partial charge is 0.452 e. The van der Waals surface area contributed by atoms with Crippen LogP contribution in [-0.4, -0.2) is 48.7 Å². The van der Waals surface area contributed by atoms with E-state index in [1.165, 1.54) is 23.4 Å². The number of hydrogen-bond donors (Lipinski definition) is 1. The highest BCUT2D eigenvalue weighted by atomic mass is 35.5. The number of benzene rings is 2. The molecule has 1 saturated heterocycles. The number of non-ortho nitro benzene ring substituents is 1. The number of halogens is 1. The summed E-state index contributed by atoms with van der Waals surface area (Å²) in [6, 6.07) is 10.4. The number of nitro groups is 1. The number of esters is 1. The second-order valence-corrected chi connectivity index (χ2v) is 11.2. The zero-order chi connectivity index (χ0) is 26.6. The molecule has 0 saturated carbocycles. The maximum atomic E-state index is 13.0. The van der Waals surface area contributed by atoms with Gasteiger partial charge in [0.1, 0.15) is 0 Å². The Morgan fingerprint density at radius 3 is 2.28 bits per heavy atom. The highest BCUT2D eigenvalue weighted by Gasteiger charge is 2.34. The number of ether oxygens (including phenoxy) is 1. The fourth-order valence-electron chi connectivity index (χ4n) is 3.79. The van der Waals surface area contributed by atoms with Crippen LogP contribution in [0.15, 0.2) is 47.4 Å². The van der Waals surface area contributed by atoms with Crippen molar-refractivity contribution in [3.63, 3.8) is 0 Å². The SMILES string of the molecule is CC(C)c1ccc(S(=O)(=O)N2CCC(C(=O)O[C@H](C)C(=O)Nc3cc([N+](=O)[O-])ccc3Cl)CC2)cc1. The molecule has 12 heteroatoms. The van der Waals surface area contributed by atoms with Crippen LogP contribution in [0.3, 0.4) is 0 Å². The molecule has 2 aromatic rings. The van der Waals surface area contributed by atoms with Gasteiger partial charge in [-0.05, 0) is 49.4 Å². The monoisotopic (exact) mass is 537 g/mol. The van der Waals surface area contributed by atoms with Gasteiger partial charge in [0.25, 0.3) is 11.6 Å².